The number of hydrogen-bond donors (Lipinski definition) is 0. The molecule has 0 N–H and O–H groups in total. The molecule has 0 bridgehead atoms. The van der Waals surface area contributed by atoms with Crippen LogP contribution in [0.4, 0.5) is 0 Å². The molecule has 1 aromatic carbocycles. The standard InChI is InChI=1S/C34H50N2/c1-11-17-35-31(23(3)4)19-29(20-32(35)24(5)6)27-13-15-28(16-14-27)30-21-33(25(7)8)36(18-12-2)34(22-30)26(9)10/h13-16,19-26H,11-12,17-18H2,1-10H3. The molecule has 0 radical (unpaired) electrons. The monoisotopic (exact) mass is 486 g/mol. The third kappa shape index (κ3) is 6.07. The molecule has 2 heteroatoms. The zero-order valence-electron chi connectivity index (χ0n) is 24.7. The Morgan fingerprint density at radius 2 is 0.722 bits per heavy atom. The Hall–Kier alpha value is -2.48. The highest BCUT2D eigenvalue weighted by Gasteiger charge is 2.24. The third-order valence-electron chi connectivity index (χ3n) is 7.27. The normalized spacial score (nSPS) is 16.8. The summed E-state index contributed by atoms with van der Waals surface area (Å²) in [4.78, 5) is 5.12. The molecule has 0 unspecified atom stereocenters. The van der Waals surface area contributed by atoms with Crippen LogP contribution in [0.1, 0.15) is 82.1 Å². The largest absolute Gasteiger partial charge is 0.348 e. The Labute approximate surface area is 221 Å². The summed E-state index contributed by atoms with van der Waals surface area (Å²) in [6, 6.07) is 9.28. The second-order valence-electron chi connectivity index (χ2n) is 11.7. The zero-order valence-corrected chi connectivity index (χ0v) is 24.7. The van der Waals surface area contributed by atoms with Gasteiger partial charge in [-0.25, -0.2) is 0 Å². The molecule has 0 saturated carbocycles. The van der Waals surface area contributed by atoms with Crippen molar-refractivity contribution in [2.75, 3.05) is 13.1 Å². The van der Waals surface area contributed by atoms with Gasteiger partial charge in [-0.3, -0.25) is 0 Å². The van der Waals surface area contributed by atoms with Gasteiger partial charge >= 0.3 is 0 Å². The third-order valence-corrected chi connectivity index (χ3v) is 7.27. The molecule has 36 heavy (non-hydrogen) atoms. The van der Waals surface area contributed by atoms with Crippen molar-refractivity contribution in [1.82, 2.24) is 9.80 Å². The molecule has 3 rings (SSSR count). The Morgan fingerprint density at radius 1 is 0.472 bits per heavy atom. The number of hydrogen-bond acceptors (Lipinski definition) is 2. The van der Waals surface area contributed by atoms with Crippen molar-refractivity contribution in [3.63, 3.8) is 0 Å². The van der Waals surface area contributed by atoms with Gasteiger partial charge in [0.1, 0.15) is 0 Å². The second kappa shape index (κ2) is 12.2. The van der Waals surface area contributed by atoms with E-state index in [-0.39, 0.29) is 0 Å². The van der Waals surface area contributed by atoms with Crippen LogP contribution in [-0.4, -0.2) is 22.9 Å². The average molecular weight is 487 g/mol. The van der Waals surface area contributed by atoms with E-state index in [4.69, 9.17) is 0 Å². The van der Waals surface area contributed by atoms with E-state index in [1.807, 2.05) is 0 Å². The summed E-state index contributed by atoms with van der Waals surface area (Å²) in [6.45, 7) is 25.3. The molecule has 2 aliphatic heterocycles. The van der Waals surface area contributed by atoms with Gasteiger partial charge in [0.05, 0.1) is 0 Å². The lowest BCUT2D eigenvalue weighted by atomic mass is 9.93. The van der Waals surface area contributed by atoms with E-state index in [0.29, 0.717) is 23.7 Å². The van der Waals surface area contributed by atoms with Gasteiger partial charge in [0.15, 0.2) is 0 Å². The number of rotatable bonds is 8. The molecule has 2 heterocycles. The van der Waals surface area contributed by atoms with Crippen molar-refractivity contribution < 1.29 is 0 Å². The number of benzene rings is 1. The lowest BCUT2D eigenvalue weighted by Gasteiger charge is -2.37. The van der Waals surface area contributed by atoms with Crippen molar-refractivity contribution in [2.24, 2.45) is 23.7 Å². The Balaban J connectivity index is 2.17. The molecule has 0 atom stereocenters. The minimum Gasteiger partial charge on any atom is -0.348 e. The van der Waals surface area contributed by atoms with Gasteiger partial charge in [-0.15, -0.1) is 0 Å². The van der Waals surface area contributed by atoms with E-state index in [9.17, 15) is 0 Å². The van der Waals surface area contributed by atoms with Crippen LogP contribution in [0.25, 0.3) is 11.1 Å². The van der Waals surface area contributed by atoms with Gasteiger partial charge in [0.2, 0.25) is 0 Å². The van der Waals surface area contributed by atoms with Crippen LogP contribution < -0.4 is 10.4 Å². The van der Waals surface area contributed by atoms with Crippen LogP contribution in [0.3, 0.4) is 0 Å². The summed E-state index contributed by atoms with van der Waals surface area (Å²) in [7, 11) is 0. The van der Waals surface area contributed by atoms with Gasteiger partial charge in [0.25, 0.3) is 0 Å². The fourth-order valence-corrected chi connectivity index (χ4v) is 5.40. The van der Waals surface area contributed by atoms with Crippen LogP contribution in [0.2, 0.25) is 0 Å². The molecule has 0 amide bonds. The quantitative estimate of drug-likeness (QED) is 0.373. The highest BCUT2D eigenvalue weighted by Crippen LogP contribution is 2.33. The molecular weight excluding hydrogens is 436 g/mol. The smallest absolute Gasteiger partial charge is 0.0222 e. The van der Waals surface area contributed by atoms with Crippen molar-refractivity contribution in [1.29, 1.82) is 0 Å². The van der Waals surface area contributed by atoms with E-state index >= 15 is 0 Å². The summed E-state index contributed by atoms with van der Waals surface area (Å²) in [5, 5.41) is 2.60. The SMILES string of the molecule is CCCN1C(C(C)C)=CC(=c2ccc(=C3C=C(C(C)C)N(CCC)C(C(C)C)=C3)cc2)C=C1C(C)C. The predicted molar refractivity (Wildman–Crippen MR) is 158 cm³/mol. The minimum atomic E-state index is 0.497. The summed E-state index contributed by atoms with van der Waals surface area (Å²) in [6.07, 6.45) is 12.0. The van der Waals surface area contributed by atoms with Crippen molar-refractivity contribution in [3.05, 3.63) is 81.8 Å². The topological polar surface area (TPSA) is 6.48 Å². The molecule has 0 saturated heterocycles. The van der Waals surface area contributed by atoms with Crippen LogP contribution in [0, 0.1) is 23.7 Å². The van der Waals surface area contributed by atoms with E-state index in [1.165, 1.54) is 44.4 Å². The molecule has 1 aromatic rings. The summed E-state index contributed by atoms with van der Waals surface area (Å²) >= 11 is 0. The maximum absolute atomic E-state index is 2.56. The first-order valence-corrected chi connectivity index (χ1v) is 14.3. The summed E-state index contributed by atoms with van der Waals surface area (Å²) in [5.74, 6) is 1.99. The molecule has 0 fully saturated rings. The number of nitrogens with zero attached hydrogens (tertiary/aromatic N) is 2. The van der Waals surface area contributed by atoms with Crippen molar-refractivity contribution in [3.8, 4) is 0 Å². The van der Waals surface area contributed by atoms with E-state index < -0.39 is 0 Å². The first-order valence-electron chi connectivity index (χ1n) is 14.3. The average Bonchev–Trinajstić information content (AvgIpc) is 2.84. The van der Waals surface area contributed by atoms with Gasteiger partial charge < -0.3 is 9.80 Å². The molecule has 2 aliphatic rings. The lowest BCUT2D eigenvalue weighted by molar-refractivity contribution is 0.346. The van der Waals surface area contributed by atoms with E-state index in [0.717, 1.165) is 25.9 Å². The highest BCUT2D eigenvalue weighted by molar-refractivity contribution is 5.72. The Bertz CT molecular complexity index is 996. The lowest BCUT2D eigenvalue weighted by Crippen LogP contribution is -2.31. The predicted octanol–water partition coefficient (Wildman–Crippen LogP) is 7.60. The first-order chi connectivity index (χ1) is 17.1. The molecule has 0 spiro atoms. The highest BCUT2D eigenvalue weighted by atomic mass is 15.2. The molecular formula is C34H50N2. The first kappa shape index (κ1) is 28.1. The number of allylic oxidation sites excluding steroid dienone is 8. The molecule has 2 nitrogen and oxygen atoms in total. The fourth-order valence-electron chi connectivity index (χ4n) is 5.40. The zero-order chi connectivity index (χ0) is 26.6. The fraction of sp³-hybridized carbons (Fsp3) is 0.529. The maximum atomic E-state index is 2.56. The van der Waals surface area contributed by atoms with E-state index in [2.05, 4.69) is 128 Å². The van der Waals surface area contributed by atoms with Gasteiger partial charge in [-0.2, -0.15) is 0 Å². The van der Waals surface area contributed by atoms with Gasteiger partial charge in [-0.1, -0.05) is 93.5 Å². The maximum Gasteiger partial charge on any atom is 0.0222 e. The van der Waals surface area contributed by atoms with Crippen LogP contribution in [-0.2, 0) is 0 Å². The minimum absolute atomic E-state index is 0.497. The molecule has 0 aromatic heterocycles. The summed E-state index contributed by atoms with van der Waals surface area (Å²) < 4.78 is 0. The molecule has 0 aliphatic carbocycles. The van der Waals surface area contributed by atoms with Crippen LogP contribution >= 0.6 is 0 Å². The summed E-state index contributed by atoms with van der Waals surface area (Å²) in [5.41, 5.74) is 8.42. The Kier molecular flexibility index (Phi) is 9.50. The van der Waals surface area contributed by atoms with Crippen LogP contribution in [0.5, 0.6) is 0 Å². The van der Waals surface area contributed by atoms with Crippen LogP contribution in [0.15, 0.2) is 71.4 Å². The van der Waals surface area contributed by atoms with Gasteiger partial charge in [-0.05, 0) is 82.4 Å². The van der Waals surface area contributed by atoms with Crippen molar-refractivity contribution in [2.45, 2.75) is 82.1 Å². The van der Waals surface area contributed by atoms with E-state index in [1.54, 1.807) is 0 Å². The molecule has 196 valence electrons. The van der Waals surface area contributed by atoms with Gasteiger partial charge in [0, 0.05) is 35.9 Å². The Morgan fingerprint density at radius 3 is 0.917 bits per heavy atom. The second-order valence-corrected chi connectivity index (χ2v) is 11.7. The van der Waals surface area contributed by atoms with Crippen molar-refractivity contribution >= 4 is 11.1 Å².